The Balaban J connectivity index is 1.61. The predicted octanol–water partition coefficient (Wildman–Crippen LogP) is 2.96. The largest absolute Gasteiger partial charge is 0.481 e. The molecule has 4 heteroatoms. The second-order valence-corrected chi connectivity index (χ2v) is 7.27. The summed E-state index contributed by atoms with van der Waals surface area (Å²) in [6.07, 6.45) is 11.1. The van der Waals surface area contributed by atoms with Gasteiger partial charge >= 0.3 is 5.97 Å². The minimum Gasteiger partial charge on any atom is -0.481 e. The lowest BCUT2D eigenvalue weighted by Gasteiger charge is -2.30. The maximum atomic E-state index is 12.6. The van der Waals surface area contributed by atoms with Crippen LogP contribution in [0.3, 0.4) is 0 Å². The maximum Gasteiger partial charge on any atom is 0.308 e. The molecule has 0 radical (unpaired) electrons. The molecule has 0 spiro atoms. The topological polar surface area (TPSA) is 66.4 Å². The first-order chi connectivity index (χ1) is 10.2. The standard InChI is InChI=1S/C17H27NO3/c19-16(11-6-4-2-1-3-5-7-11)18-15-13-9-8-12(10-13)14(15)17(20)21/h11-15H,1-10H2,(H,18,19)(H,20,21). The zero-order valence-electron chi connectivity index (χ0n) is 12.7. The number of hydrogen-bond donors (Lipinski definition) is 2. The van der Waals surface area contributed by atoms with Crippen LogP contribution in [0.15, 0.2) is 0 Å². The first kappa shape index (κ1) is 14.9. The Morgan fingerprint density at radius 1 is 0.857 bits per heavy atom. The lowest BCUT2D eigenvalue weighted by molar-refractivity contribution is -0.145. The van der Waals surface area contributed by atoms with Gasteiger partial charge in [0.1, 0.15) is 0 Å². The summed E-state index contributed by atoms with van der Waals surface area (Å²) in [6, 6.07) is -0.112. The van der Waals surface area contributed by atoms with E-state index in [1.807, 2.05) is 0 Å². The number of carbonyl (C=O) groups is 2. The Morgan fingerprint density at radius 2 is 1.48 bits per heavy atom. The second-order valence-electron chi connectivity index (χ2n) is 7.27. The minimum atomic E-state index is -0.717. The third kappa shape index (κ3) is 3.09. The van der Waals surface area contributed by atoms with E-state index in [1.54, 1.807) is 0 Å². The Kier molecular flexibility index (Phi) is 4.51. The highest BCUT2D eigenvalue weighted by Gasteiger charge is 2.51. The highest BCUT2D eigenvalue weighted by atomic mass is 16.4. The molecule has 4 nitrogen and oxygen atoms in total. The van der Waals surface area contributed by atoms with E-state index in [0.29, 0.717) is 5.92 Å². The molecule has 0 aromatic carbocycles. The number of hydrogen-bond acceptors (Lipinski definition) is 2. The monoisotopic (exact) mass is 293 g/mol. The Hall–Kier alpha value is -1.06. The van der Waals surface area contributed by atoms with E-state index in [4.69, 9.17) is 0 Å². The van der Waals surface area contributed by atoms with Gasteiger partial charge in [-0.1, -0.05) is 32.1 Å². The van der Waals surface area contributed by atoms with Crippen LogP contribution in [0.25, 0.3) is 0 Å². The summed E-state index contributed by atoms with van der Waals surface area (Å²) in [7, 11) is 0. The lowest BCUT2D eigenvalue weighted by Crippen LogP contribution is -2.48. The molecule has 1 amide bonds. The van der Waals surface area contributed by atoms with E-state index in [1.165, 1.54) is 19.3 Å². The molecule has 21 heavy (non-hydrogen) atoms. The molecule has 0 aromatic heterocycles. The molecule has 3 saturated carbocycles. The van der Waals surface area contributed by atoms with Crippen molar-refractivity contribution >= 4 is 11.9 Å². The fourth-order valence-electron chi connectivity index (χ4n) is 4.85. The molecule has 0 heterocycles. The van der Waals surface area contributed by atoms with Crippen molar-refractivity contribution in [2.75, 3.05) is 0 Å². The first-order valence-electron chi connectivity index (χ1n) is 8.70. The van der Waals surface area contributed by atoms with Gasteiger partial charge in [0, 0.05) is 12.0 Å². The second kappa shape index (κ2) is 6.37. The van der Waals surface area contributed by atoms with Crippen molar-refractivity contribution in [2.45, 2.75) is 70.3 Å². The van der Waals surface area contributed by atoms with Crippen LogP contribution >= 0.6 is 0 Å². The normalized spacial score (nSPS) is 37.0. The molecule has 4 atom stereocenters. The number of amides is 1. The minimum absolute atomic E-state index is 0.110. The van der Waals surface area contributed by atoms with Crippen molar-refractivity contribution < 1.29 is 14.7 Å². The summed E-state index contributed by atoms with van der Waals surface area (Å²) in [4.78, 5) is 24.1. The number of fused-ring (bicyclic) bond motifs is 2. The molecular formula is C17H27NO3. The van der Waals surface area contributed by atoms with E-state index in [2.05, 4.69) is 5.32 Å². The van der Waals surface area contributed by atoms with Crippen LogP contribution in [0, 0.1) is 23.7 Å². The SMILES string of the molecule is O=C(NC1C2CCC(C2)C1C(=O)O)C1CCCCCCC1. The number of carboxylic acid groups (broad SMARTS) is 1. The molecule has 3 aliphatic rings. The van der Waals surface area contributed by atoms with Crippen molar-refractivity contribution in [1.29, 1.82) is 0 Å². The molecule has 2 N–H and O–H groups in total. The average molecular weight is 293 g/mol. The van der Waals surface area contributed by atoms with Crippen LogP contribution in [0.5, 0.6) is 0 Å². The summed E-state index contributed by atoms with van der Waals surface area (Å²) >= 11 is 0. The Bertz CT molecular complexity index is 401. The van der Waals surface area contributed by atoms with Crippen molar-refractivity contribution in [3.8, 4) is 0 Å². The van der Waals surface area contributed by atoms with E-state index in [0.717, 1.165) is 44.9 Å². The van der Waals surface area contributed by atoms with Crippen LogP contribution in [0.1, 0.15) is 64.2 Å². The number of carbonyl (C=O) groups excluding carboxylic acids is 1. The van der Waals surface area contributed by atoms with Gasteiger partial charge in [0.05, 0.1) is 5.92 Å². The van der Waals surface area contributed by atoms with Crippen LogP contribution < -0.4 is 5.32 Å². The van der Waals surface area contributed by atoms with Crippen LogP contribution in [-0.4, -0.2) is 23.0 Å². The van der Waals surface area contributed by atoms with Gasteiger partial charge in [-0.05, 0) is 43.9 Å². The third-order valence-corrected chi connectivity index (χ3v) is 5.99. The maximum absolute atomic E-state index is 12.6. The predicted molar refractivity (Wildman–Crippen MR) is 79.7 cm³/mol. The number of aliphatic carboxylic acids is 1. The molecule has 4 unspecified atom stereocenters. The van der Waals surface area contributed by atoms with E-state index in [9.17, 15) is 14.7 Å². The van der Waals surface area contributed by atoms with Gasteiger partial charge in [0.25, 0.3) is 0 Å². The number of rotatable bonds is 3. The average Bonchev–Trinajstić information content (AvgIpc) is 2.98. The molecule has 3 fully saturated rings. The van der Waals surface area contributed by atoms with Gasteiger partial charge in [-0.15, -0.1) is 0 Å². The van der Waals surface area contributed by atoms with Gasteiger partial charge in [0.15, 0.2) is 0 Å². The summed E-state index contributed by atoms with van der Waals surface area (Å²) in [5.41, 5.74) is 0. The van der Waals surface area contributed by atoms with Crippen LogP contribution in [0.2, 0.25) is 0 Å². The molecule has 2 bridgehead atoms. The van der Waals surface area contributed by atoms with Crippen molar-refractivity contribution in [3.05, 3.63) is 0 Å². The summed E-state index contributed by atoms with van der Waals surface area (Å²) in [5, 5.41) is 12.6. The van der Waals surface area contributed by atoms with E-state index >= 15 is 0 Å². The smallest absolute Gasteiger partial charge is 0.308 e. The lowest BCUT2D eigenvalue weighted by atomic mass is 9.83. The Labute approximate surface area is 126 Å². The summed E-state index contributed by atoms with van der Waals surface area (Å²) in [6.45, 7) is 0. The number of nitrogens with one attached hydrogen (secondary N) is 1. The Morgan fingerprint density at radius 3 is 2.14 bits per heavy atom. The van der Waals surface area contributed by atoms with E-state index < -0.39 is 5.97 Å². The summed E-state index contributed by atoms with van der Waals surface area (Å²) in [5.74, 6) is -0.144. The molecule has 118 valence electrons. The van der Waals surface area contributed by atoms with Crippen LogP contribution in [-0.2, 0) is 9.59 Å². The molecule has 3 aliphatic carbocycles. The fourth-order valence-corrected chi connectivity index (χ4v) is 4.85. The highest BCUT2D eigenvalue weighted by molar-refractivity contribution is 5.80. The van der Waals surface area contributed by atoms with Gasteiger partial charge in [-0.25, -0.2) is 0 Å². The number of carboxylic acids is 1. The van der Waals surface area contributed by atoms with Crippen LogP contribution in [0.4, 0.5) is 0 Å². The van der Waals surface area contributed by atoms with Gasteiger partial charge in [-0.3, -0.25) is 9.59 Å². The third-order valence-electron chi connectivity index (χ3n) is 5.99. The molecule has 3 rings (SSSR count). The van der Waals surface area contributed by atoms with Crippen molar-refractivity contribution in [1.82, 2.24) is 5.32 Å². The molecule has 0 aliphatic heterocycles. The van der Waals surface area contributed by atoms with Gasteiger partial charge in [0.2, 0.25) is 5.91 Å². The van der Waals surface area contributed by atoms with E-state index in [-0.39, 0.29) is 29.7 Å². The summed E-state index contributed by atoms with van der Waals surface area (Å²) < 4.78 is 0. The van der Waals surface area contributed by atoms with Crippen molar-refractivity contribution in [3.63, 3.8) is 0 Å². The van der Waals surface area contributed by atoms with Crippen molar-refractivity contribution in [2.24, 2.45) is 23.7 Å². The molecule has 0 aromatic rings. The fraction of sp³-hybridized carbons (Fsp3) is 0.882. The quantitative estimate of drug-likeness (QED) is 0.840. The van der Waals surface area contributed by atoms with Gasteiger partial charge in [-0.2, -0.15) is 0 Å². The zero-order valence-corrected chi connectivity index (χ0v) is 12.7. The molecule has 0 saturated heterocycles. The zero-order chi connectivity index (χ0) is 14.8. The molecular weight excluding hydrogens is 266 g/mol. The first-order valence-corrected chi connectivity index (χ1v) is 8.70. The van der Waals surface area contributed by atoms with Gasteiger partial charge < -0.3 is 10.4 Å². The highest BCUT2D eigenvalue weighted by Crippen LogP contribution is 2.48.